The number of methoxy groups -OCH3 is 1. The summed E-state index contributed by atoms with van der Waals surface area (Å²) in [4.78, 5) is 11.5. The SMILES string of the molecule is CC[C@@H](c1ccc2cc(OC)ccc2c1)C(C)(C)C(=O)O. The maximum Gasteiger partial charge on any atom is 0.309 e. The second-order valence-electron chi connectivity index (χ2n) is 5.96. The van der Waals surface area contributed by atoms with Crippen molar-refractivity contribution in [3.05, 3.63) is 42.0 Å². The molecule has 0 saturated carbocycles. The van der Waals surface area contributed by atoms with Gasteiger partial charge >= 0.3 is 5.97 Å². The number of ether oxygens (including phenoxy) is 1. The highest BCUT2D eigenvalue weighted by atomic mass is 16.5. The van der Waals surface area contributed by atoms with Crippen molar-refractivity contribution in [2.24, 2.45) is 5.41 Å². The third-order valence-electron chi connectivity index (χ3n) is 4.30. The lowest BCUT2D eigenvalue weighted by molar-refractivity contribution is -0.148. The van der Waals surface area contributed by atoms with Crippen molar-refractivity contribution < 1.29 is 14.6 Å². The molecule has 0 spiro atoms. The van der Waals surface area contributed by atoms with Gasteiger partial charge in [-0.2, -0.15) is 0 Å². The molecule has 0 aromatic heterocycles. The van der Waals surface area contributed by atoms with E-state index < -0.39 is 11.4 Å². The molecule has 21 heavy (non-hydrogen) atoms. The van der Waals surface area contributed by atoms with Gasteiger partial charge in [0, 0.05) is 0 Å². The Labute approximate surface area is 125 Å². The Kier molecular flexibility index (Phi) is 4.21. The fourth-order valence-corrected chi connectivity index (χ4v) is 2.90. The molecule has 3 nitrogen and oxygen atoms in total. The number of carboxylic acid groups (broad SMARTS) is 1. The van der Waals surface area contributed by atoms with E-state index >= 15 is 0 Å². The van der Waals surface area contributed by atoms with E-state index in [2.05, 4.69) is 6.07 Å². The molecular formula is C18H22O3. The first-order valence-electron chi connectivity index (χ1n) is 7.21. The Balaban J connectivity index is 2.48. The van der Waals surface area contributed by atoms with Gasteiger partial charge in [0.15, 0.2) is 0 Å². The highest BCUT2D eigenvalue weighted by Gasteiger charge is 2.36. The predicted octanol–water partition coefficient (Wildman–Crippen LogP) is 4.45. The Bertz CT molecular complexity index is 659. The van der Waals surface area contributed by atoms with Gasteiger partial charge in [-0.25, -0.2) is 0 Å². The first-order valence-corrected chi connectivity index (χ1v) is 7.21. The molecule has 112 valence electrons. The van der Waals surface area contributed by atoms with Gasteiger partial charge in [-0.15, -0.1) is 0 Å². The number of carboxylic acids is 1. The van der Waals surface area contributed by atoms with E-state index in [9.17, 15) is 9.90 Å². The molecule has 0 aliphatic rings. The molecule has 0 heterocycles. The first kappa shape index (κ1) is 15.4. The van der Waals surface area contributed by atoms with E-state index in [0.29, 0.717) is 0 Å². The summed E-state index contributed by atoms with van der Waals surface area (Å²) in [5, 5.41) is 11.7. The Morgan fingerprint density at radius 3 is 2.38 bits per heavy atom. The third-order valence-corrected chi connectivity index (χ3v) is 4.30. The van der Waals surface area contributed by atoms with E-state index in [4.69, 9.17) is 4.74 Å². The highest BCUT2D eigenvalue weighted by Crippen LogP contribution is 2.39. The van der Waals surface area contributed by atoms with E-state index in [1.165, 1.54) is 0 Å². The lowest BCUT2D eigenvalue weighted by Gasteiger charge is -2.30. The molecule has 0 aliphatic heterocycles. The number of hydrogen-bond donors (Lipinski definition) is 1. The maximum absolute atomic E-state index is 11.5. The van der Waals surface area contributed by atoms with Crippen molar-refractivity contribution in [1.82, 2.24) is 0 Å². The normalized spacial score (nSPS) is 13.1. The van der Waals surface area contributed by atoms with Gasteiger partial charge in [0.2, 0.25) is 0 Å². The predicted molar refractivity (Wildman–Crippen MR) is 84.9 cm³/mol. The number of carbonyl (C=O) groups is 1. The molecule has 3 heteroatoms. The van der Waals surface area contributed by atoms with Gasteiger partial charge in [-0.3, -0.25) is 4.79 Å². The van der Waals surface area contributed by atoms with Gasteiger partial charge in [-0.1, -0.05) is 31.2 Å². The first-order chi connectivity index (χ1) is 9.90. The Hall–Kier alpha value is -2.03. The highest BCUT2D eigenvalue weighted by molar-refractivity contribution is 5.85. The molecule has 0 bridgehead atoms. The summed E-state index contributed by atoms with van der Waals surface area (Å²) in [6.45, 7) is 5.62. The minimum atomic E-state index is -0.783. The van der Waals surface area contributed by atoms with E-state index in [1.54, 1.807) is 21.0 Å². The van der Waals surface area contributed by atoms with E-state index in [-0.39, 0.29) is 5.92 Å². The zero-order chi connectivity index (χ0) is 15.6. The van der Waals surface area contributed by atoms with Crippen LogP contribution in [-0.2, 0) is 4.79 Å². The van der Waals surface area contributed by atoms with Crippen LogP contribution in [0.5, 0.6) is 5.75 Å². The van der Waals surface area contributed by atoms with Gasteiger partial charge in [0.1, 0.15) is 5.75 Å². The Morgan fingerprint density at radius 2 is 1.81 bits per heavy atom. The lowest BCUT2D eigenvalue weighted by atomic mass is 9.73. The van der Waals surface area contributed by atoms with Crippen LogP contribution < -0.4 is 4.74 Å². The monoisotopic (exact) mass is 286 g/mol. The third kappa shape index (κ3) is 2.87. The van der Waals surface area contributed by atoms with Crippen LogP contribution in [0.3, 0.4) is 0 Å². The summed E-state index contributed by atoms with van der Waals surface area (Å²) in [6, 6.07) is 12.1. The zero-order valence-electron chi connectivity index (χ0n) is 13.0. The van der Waals surface area contributed by atoms with E-state index in [1.807, 2.05) is 37.3 Å². The molecule has 0 aliphatic carbocycles. The number of fused-ring (bicyclic) bond motifs is 1. The van der Waals surface area contributed by atoms with Crippen molar-refractivity contribution in [1.29, 1.82) is 0 Å². The van der Waals surface area contributed by atoms with Crippen LogP contribution in [0.1, 0.15) is 38.7 Å². The molecule has 2 aromatic rings. The average Bonchev–Trinajstić information content (AvgIpc) is 2.47. The fraction of sp³-hybridized carbons (Fsp3) is 0.389. The van der Waals surface area contributed by atoms with Crippen molar-refractivity contribution in [2.75, 3.05) is 7.11 Å². The topological polar surface area (TPSA) is 46.5 Å². The number of rotatable bonds is 5. The second kappa shape index (κ2) is 5.76. The number of aliphatic carboxylic acids is 1. The maximum atomic E-state index is 11.5. The van der Waals surface area contributed by atoms with Gasteiger partial charge in [-0.05, 0) is 54.7 Å². The van der Waals surface area contributed by atoms with Crippen LogP contribution in [0.25, 0.3) is 10.8 Å². The van der Waals surface area contributed by atoms with Crippen molar-refractivity contribution in [3.8, 4) is 5.75 Å². The smallest absolute Gasteiger partial charge is 0.309 e. The summed E-state index contributed by atoms with van der Waals surface area (Å²) >= 11 is 0. The van der Waals surface area contributed by atoms with Crippen LogP contribution in [0.2, 0.25) is 0 Å². The molecule has 1 atom stereocenters. The molecular weight excluding hydrogens is 264 g/mol. The quantitative estimate of drug-likeness (QED) is 0.883. The van der Waals surface area contributed by atoms with Crippen LogP contribution in [0, 0.1) is 5.41 Å². The second-order valence-corrected chi connectivity index (χ2v) is 5.96. The molecule has 0 fully saturated rings. The fourth-order valence-electron chi connectivity index (χ4n) is 2.90. The molecule has 0 radical (unpaired) electrons. The molecule has 0 amide bonds. The van der Waals surface area contributed by atoms with E-state index in [0.717, 1.165) is 28.5 Å². The van der Waals surface area contributed by atoms with Gasteiger partial charge in [0.05, 0.1) is 12.5 Å². The largest absolute Gasteiger partial charge is 0.497 e. The van der Waals surface area contributed by atoms with Gasteiger partial charge < -0.3 is 9.84 Å². The standard InChI is InChI=1S/C18H22O3/c1-5-16(18(2,3)17(19)20)14-7-6-13-11-15(21-4)9-8-12(13)10-14/h6-11,16H,5H2,1-4H3,(H,19,20)/t16-/m0/s1. The molecule has 2 rings (SSSR count). The van der Waals surface area contributed by atoms with Crippen LogP contribution in [0.4, 0.5) is 0 Å². The Morgan fingerprint density at radius 1 is 1.19 bits per heavy atom. The summed E-state index contributed by atoms with van der Waals surface area (Å²) in [5.74, 6) is 0.0545. The van der Waals surface area contributed by atoms with Crippen molar-refractivity contribution >= 4 is 16.7 Å². The minimum absolute atomic E-state index is 0.0125. The van der Waals surface area contributed by atoms with Crippen molar-refractivity contribution in [2.45, 2.75) is 33.1 Å². The van der Waals surface area contributed by atoms with Crippen LogP contribution in [0.15, 0.2) is 36.4 Å². The molecule has 2 aromatic carbocycles. The minimum Gasteiger partial charge on any atom is -0.497 e. The number of benzene rings is 2. The summed E-state index contributed by atoms with van der Waals surface area (Å²) < 4.78 is 5.23. The van der Waals surface area contributed by atoms with Crippen LogP contribution in [-0.4, -0.2) is 18.2 Å². The average molecular weight is 286 g/mol. The summed E-state index contributed by atoms with van der Waals surface area (Å²) in [6.07, 6.45) is 0.793. The molecule has 0 unspecified atom stereocenters. The van der Waals surface area contributed by atoms with Crippen molar-refractivity contribution in [3.63, 3.8) is 0 Å². The summed E-state index contributed by atoms with van der Waals surface area (Å²) in [5.41, 5.74) is 0.289. The van der Waals surface area contributed by atoms with Crippen LogP contribution >= 0.6 is 0 Å². The number of hydrogen-bond acceptors (Lipinski definition) is 2. The molecule has 1 N–H and O–H groups in total. The lowest BCUT2D eigenvalue weighted by Crippen LogP contribution is -2.31. The summed E-state index contributed by atoms with van der Waals surface area (Å²) in [7, 11) is 1.65. The zero-order valence-corrected chi connectivity index (χ0v) is 13.0. The molecule has 0 saturated heterocycles. The van der Waals surface area contributed by atoms with Gasteiger partial charge in [0.25, 0.3) is 0 Å².